The summed E-state index contributed by atoms with van der Waals surface area (Å²) in [4.78, 5) is 35.6. The molecule has 2 aromatic rings. The van der Waals surface area contributed by atoms with Gasteiger partial charge in [-0.05, 0) is 42.3 Å². The molecule has 0 spiro atoms. The summed E-state index contributed by atoms with van der Waals surface area (Å²) in [5.74, 6) is -0.552. The topological polar surface area (TPSA) is 96.5 Å². The Kier molecular flexibility index (Phi) is 8.76. The smallest absolute Gasteiger partial charge is 0.253 e. The Hall–Kier alpha value is -2.77. The van der Waals surface area contributed by atoms with Crippen molar-refractivity contribution < 1.29 is 19.1 Å². The van der Waals surface area contributed by atoms with Gasteiger partial charge in [0.1, 0.15) is 5.75 Å². The highest BCUT2D eigenvalue weighted by molar-refractivity contribution is 6.36. The van der Waals surface area contributed by atoms with Crippen molar-refractivity contribution >= 4 is 40.9 Å². The average Bonchev–Trinajstić information content (AvgIpc) is 2.71. The van der Waals surface area contributed by atoms with Crippen LogP contribution in [0.2, 0.25) is 10.0 Å². The van der Waals surface area contributed by atoms with Crippen molar-refractivity contribution in [1.82, 2.24) is 16.0 Å². The highest BCUT2D eigenvalue weighted by Gasteiger charge is 2.12. The lowest BCUT2D eigenvalue weighted by atomic mass is 10.1. The van der Waals surface area contributed by atoms with Gasteiger partial charge in [-0.1, -0.05) is 35.3 Å². The summed E-state index contributed by atoms with van der Waals surface area (Å²) in [7, 11) is 1.60. The number of amides is 3. The molecule has 0 aromatic heterocycles. The molecule has 3 amide bonds. The van der Waals surface area contributed by atoms with Crippen LogP contribution in [0, 0.1) is 0 Å². The Morgan fingerprint density at radius 1 is 0.897 bits per heavy atom. The van der Waals surface area contributed by atoms with E-state index in [-0.39, 0.29) is 29.6 Å². The van der Waals surface area contributed by atoms with E-state index in [2.05, 4.69) is 16.0 Å². The maximum Gasteiger partial charge on any atom is 0.253 e. The van der Waals surface area contributed by atoms with Crippen molar-refractivity contribution in [1.29, 1.82) is 0 Å². The van der Waals surface area contributed by atoms with Gasteiger partial charge >= 0.3 is 0 Å². The van der Waals surface area contributed by atoms with Gasteiger partial charge < -0.3 is 20.7 Å². The molecule has 0 radical (unpaired) electrons. The quantitative estimate of drug-likeness (QED) is 0.560. The summed E-state index contributed by atoms with van der Waals surface area (Å²) < 4.78 is 5.09. The molecule has 0 aliphatic heterocycles. The SMILES string of the molecule is COc1ccc(CCNC(=O)CNC(=O)CNC(=O)c2ccc(Cl)cc2Cl)cc1. The van der Waals surface area contributed by atoms with Crippen molar-refractivity contribution in [2.75, 3.05) is 26.7 Å². The predicted octanol–water partition coefficient (Wildman–Crippen LogP) is 2.21. The first-order valence-electron chi connectivity index (χ1n) is 8.78. The molecule has 0 atom stereocenters. The molecular formula is C20H21Cl2N3O4. The third-order valence-corrected chi connectivity index (χ3v) is 4.47. The molecule has 0 bridgehead atoms. The van der Waals surface area contributed by atoms with Crippen molar-refractivity contribution in [2.45, 2.75) is 6.42 Å². The number of methoxy groups -OCH3 is 1. The van der Waals surface area contributed by atoms with E-state index in [9.17, 15) is 14.4 Å². The number of halogens is 2. The fourth-order valence-corrected chi connectivity index (χ4v) is 2.87. The Labute approximate surface area is 178 Å². The number of rotatable bonds is 9. The maximum absolute atomic E-state index is 12.0. The van der Waals surface area contributed by atoms with Gasteiger partial charge in [-0.2, -0.15) is 0 Å². The number of hydrogen-bond acceptors (Lipinski definition) is 4. The molecule has 0 aliphatic rings. The van der Waals surface area contributed by atoms with E-state index < -0.39 is 11.8 Å². The van der Waals surface area contributed by atoms with Gasteiger partial charge in [0.25, 0.3) is 5.91 Å². The van der Waals surface area contributed by atoms with Gasteiger partial charge in [-0.25, -0.2) is 0 Å². The van der Waals surface area contributed by atoms with Crippen LogP contribution in [0.5, 0.6) is 5.75 Å². The van der Waals surface area contributed by atoms with Crippen LogP contribution >= 0.6 is 23.2 Å². The maximum atomic E-state index is 12.0. The molecule has 0 fully saturated rings. The molecule has 0 unspecified atom stereocenters. The highest BCUT2D eigenvalue weighted by atomic mass is 35.5. The van der Waals surface area contributed by atoms with Gasteiger partial charge in [-0.3, -0.25) is 14.4 Å². The van der Waals surface area contributed by atoms with Crippen LogP contribution in [-0.2, 0) is 16.0 Å². The van der Waals surface area contributed by atoms with Crippen LogP contribution < -0.4 is 20.7 Å². The summed E-state index contributed by atoms with van der Waals surface area (Å²) in [6.07, 6.45) is 0.654. The van der Waals surface area contributed by atoms with Crippen molar-refractivity contribution in [3.8, 4) is 5.75 Å². The van der Waals surface area contributed by atoms with Crippen LogP contribution in [0.15, 0.2) is 42.5 Å². The zero-order chi connectivity index (χ0) is 21.2. The van der Waals surface area contributed by atoms with Crippen LogP contribution in [0.25, 0.3) is 0 Å². The molecule has 7 nitrogen and oxygen atoms in total. The number of benzene rings is 2. The zero-order valence-corrected chi connectivity index (χ0v) is 17.3. The number of carbonyl (C=O) groups excluding carboxylic acids is 3. The number of nitrogens with one attached hydrogen (secondary N) is 3. The minimum absolute atomic E-state index is 0.182. The minimum Gasteiger partial charge on any atom is -0.497 e. The Balaban J connectivity index is 1.64. The van der Waals surface area contributed by atoms with Crippen molar-refractivity contribution in [3.63, 3.8) is 0 Å². The van der Waals surface area contributed by atoms with Crippen LogP contribution in [0.1, 0.15) is 15.9 Å². The van der Waals surface area contributed by atoms with Crippen molar-refractivity contribution in [2.24, 2.45) is 0 Å². The Morgan fingerprint density at radius 2 is 1.55 bits per heavy atom. The molecule has 0 saturated carbocycles. The van der Waals surface area contributed by atoms with E-state index in [4.69, 9.17) is 27.9 Å². The average molecular weight is 438 g/mol. The fraction of sp³-hybridized carbons (Fsp3) is 0.250. The molecule has 0 aliphatic carbocycles. The van der Waals surface area contributed by atoms with Gasteiger partial charge in [0.15, 0.2) is 0 Å². The summed E-state index contributed by atoms with van der Waals surface area (Å²) in [6, 6.07) is 12.0. The molecule has 0 heterocycles. The standard InChI is InChI=1S/C20H21Cl2N3O4/c1-29-15-5-2-13(3-6-15)8-9-23-18(26)11-24-19(27)12-25-20(28)16-7-4-14(21)10-17(16)22/h2-7,10H,8-9,11-12H2,1H3,(H,23,26)(H,24,27)(H,25,28). The van der Waals surface area contributed by atoms with Gasteiger partial charge in [0, 0.05) is 11.6 Å². The summed E-state index contributed by atoms with van der Waals surface area (Å²) in [5, 5.41) is 8.18. The van der Waals surface area contributed by atoms with E-state index >= 15 is 0 Å². The largest absolute Gasteiger partial charge is 0.497 e. The molecule has 3 N–H and O–H groups in total. The monoisotopic (exact) mass is 437 g/mol. The Bertz CT molecular complexity index is 873. The second-order valence-electron chi connectivity index (χ2n) is 6.03. The number of ether oxygens (including phenoxy) is 1. The molecular weight excluding hydrogens is 417 g/mol. The first kappa shape index (κ1) is 22.5. The van der Waals surface area contributed by atoms with E-state index in [1.54, 1.807) is 7.11 Å². The molecule has 9 heteroatoms. The van der Waals surface area contributed by atoms with E-state index in [1.165, 1.54) is 18.2 Å². The minimum atomic E-state index is -0.509. The first-order chi connectivity index (χ1) is 13.9. The normalized spacial score (nSPS) is 10.2. The summed E-state index contributed by atoms with van der Waals surface area (Å²) >= 11 is 11.7. The lowest BCUT2D eigenvalue weighted by Gasteiger charge is -2.09. The van der Waals surface area contributed by atoms with E-state index in [0.717, 1.165) is 11.3 Å². The van der Waals surface area contributed by atoms with E-state index in [0.29, 0.717) is 18.0 Å². The predicted molar refractivity (Wildman–Crippen MR) is 112 cm³/mol. The van der Waals surface area contributed by atoms with E-state index in [1.807, 2.05) is 24.3 Å². The highest BCUT2D eigenvalue weighted by Crippen LogP contribution is 2.20. The van der Waals surface area contributed by atoms with Crippen LogP contribution in [-0.4, -0.2) is 44.5 Å². The second kappa shape index (κ2) is 11.3. The first-order valence-corrected chi connectivity index (χ1v) is 9.54. The third-order valence-electron chi connectivity index (χ3n) is 3.93. The van der Waals surface area contributed by atoms with Crippen LogP contribution in [0.3, 0.4) is 0 Å². The summed E-state index contributed by atoms with van der Waals surface area (Å²) in [5.41, 5.74) is 1.26. The number of hydrogen-bond donors (Lipinski definition) is 3. The molecule has 0 saturated heterocycles. The lowest BCUT2D eigenvalue weighted by molar-refractivity contribution is -0.125. The second-order valence-corrected chi connectivity index (χ2v) is 6.88. The van der Waals surface area contributed by atoms with Gasteiger partial charge in [0.2, 0.25) is 11.8 Å². The van der Waals surface area contributed by atoms with Gasteiger partial charge in [-0.15, -0.1) is 0 Å². The molecule has 2 rings (SSSR count). The molecule has 29 heavy (non-hydrogen) atoms. The fourth-order valence-electron chi connectivity index (χ4n) is 2.37. The van der Waals surface area contributed by atoms with Crippen molar-refractivity contribution in [3.05, 3.63) is 63.6 Å². The molecule has 2 aromatic carbocycles. The third kappa shape index (κ3) is 7.63. The van der Waals surface area contributed by atoms with Gasteiger partial charge in [0.05, 0.1) is 30.8 Å². The van der Waals surface area contributed by atoms with Crippen LogP contribution in [0.4, 0.5) is 0 Å². The zero-order valence-electron chi connectivity index (χ0n) is 15.8. The molecule has 154 valence electrons. The Morgan fingerprint density at radius 3 is 2.21 bits per heavy atom. The summed E-state index contributed by atoms with van der Waals surface area (Å²) in [6.45, 7) is -0.0250. The number of carbonyl (C=O) groups is 3. The lowest BCUT2D eigenvalue weighted by Crippen LogP contribution is -2.42.